The summed E-state index contributed by atoms with van der Waals surface area (Å²) in [6.07, 6.45) is 2.72. The zero-order valence-corrected chi connectivity index (χ0v) is 15.1. The molecule has 2 aromatic carbocycles. The summed E-state index contributed by atoms with van der Waals surface area (Å²) in [7, 11) is 0. The molecule has 1 saturated carbocycles. The lowest BCUT2D eigenvalue weighted by Crippen LogP contribution is -2.32. The molecule has 3 nitrogen and oxygen atoms in total. The average Bonchev–Trinajstić information content (AvgIpc) is 3.10. The van der Waals surface area contributed by atoms with Gasteiger partial charge in [0, 0.05) is 12.5 Å². The van der Waals surface area contributed by atoms with Crippen molar-refractivity contribution in [1.29, 1.82) is 0 Å². The summed E-state index contributed by atoms with van der Waals surface area (Å²) in [6, 6.07) is 15.0. The quantitative estimate of drug-likeness (QED) is 0.660. The zero-order chi connectivity index (χ0) is 17.7. The van der Waals surface area contributed by atoms with Gasteiger partial charge in [-0.15, -0.1) is 11.3 Å². The van der Waals surface area contributed by atoms with E-state index in [1.165, 1.54) is 6.07 Å². The van der Waals surface area contributed by atoms with Crippen molar-refractivity contribution in [2.45, 2.75) is 31.2 Å². The minimum Gasteiger partial charge on any atom is -0.333 e. The molecule has 1 aromatic heterocycles. The van der Waals surface area contributed by atoms with Gasteiger partial charge in [-0.1, -0.05) is 30.3 Å². The van der Waals surface area contributed by atoms with Crippen molar-refractivity contribution in [2.24, 2.45) is 5.92 Å². The Morgan fingerprint density at radius 1 is 1.15 bits per heavy atom. The minimum absolute atomic E-state index is 0.0281. The summed E-state index contributed by atoms with van der Waals surface area (Å²) in [5, 5.41) is 1.03. The fourth-order valence-electron chi connectivity index (χ4n) is 4.12. The van der Waals surface area contributed by atoms with Gasteiger partial charge in [0.2, 0.25) is 5.91 Å². The summed E-state index contributed by atoms with van der Waals surface area (Å²) in [6.45, 7) is 0.778. The summed E-state index contributed by atoms with van der Waals surface area (Å²) >= 11 is 1.68. The molecule has 1 aliphatic heterocycles. The van der Waals surface area contributed by atoms with Gasteiger partial charge < -0.3 is 4.90 Å². The van der Waals surface area contributed by atoms with Crippen LogP contribution in [0.3, 0.4) is 0 Å². The molecule has 3 atom stereocenters. The Kier molecular flexibility index (Phi) is 3.78. The van der Waals surface area contributed by atoms with Crippen LogP contribution in [-0.4, -0.2) is 22.3 Å². The molecular weight excluding hydrogens is 347 g/mol. The molecule has 132 valence electrons. The summed E-state index contributed by atoms with van der Waals surface area (Å²) < 4.78 is 15.2. The highest BCUT2D eigenvalue weighted by atomic mass is 32.1. The van der Waals surface area contributed by atoms with E-state index in [2.05, 4.69) is 6.07 Å². The van der Waals surface area contributed by atoms with E-state index in [4.69, 9.17) is 4.98 Å². The summed E-state index contributed by atoms with van der Waals surface area (Å²) in [4.78, 5) is 19.8. The predicted molar refractivity (Wildman–Crippen MR) is 101 cm³/mol. The molecule has 0 N–H and O–H groups in total. The van der Waals surface area contributed by atoms with E-state index in [-0.39, 0.29) is 29.6 Å². The third kappa shape index (κ3) is 2.62. The molecule has 2 heterocycles. The van der Waals surface area contributed by atoms with Crippen LogP contribution in [0, 0.1) is 11.7 Å². The van der Waals surface area contributed by atoms with Crippen LogP contribution < -0.4 is 0 Å². The largest absolute Gasteiger partial charge is 0.333 e. The van der Waals surface area contributed by atoms with Crippen molar-refractivity contribution in [3.05, 3.63) is 64.9 Å². The lowest BCUT2D eigenvalue weighted by molar-refractivity contribution is -0.133. The fourth-order valence-corrected chi connectivity index (χ4v) is 5.24. The smallest absolute Gasteiger partial charge is 0.226 e. The molecule has 26 heavy (non-hydrogen) atoms. The Labute approximate surface area is 155 Å². The molecule has 3 aromatic rings. The van der Waals surface area contributed by atoms with Crippen molar-refractivity contribution in [1.82, 2.24) is 9.88 Å². The van der Waals surface area contributed by atoms with Crippen LogP contribution >= 0.6 is 11.3 Å². The minimum atomic E-state index is -0.197. The lowest BCUT2D eigenvalue weighted by Gasteiger charge is -2.23. The molecule has 2 aliphatic rings. The number of hydrogen-bond donors (Lipinski definition) is 0. The number of thiazole rings is 1. The first-order valence-corrected chi connectivity index (χ1v) is 9.94. The number of likely N-dealkylation sites (tertiary alicyclic amines) is 1. The third-order valence-corrected chi connectivity index (χ3v) is 6.68. The number of benzene rings is 2. The van der Waals surface area contributed by atoms with Crippen molar-refractivity contribution < 1.29 is 9.18 Å². The third-order valence-electron chi connectivity index (χ3n) is 5.54. The molecule has 0 bridgehead atoms. The van der Waals surface area contributed by atoms with Crippen molar-refractivity contribution >= 4 is 27.5 Å². The van der Waals surface area contributed by atoms with Crippen LogP contribution in [0.15, 0.2) is 48.5 Å². The van der Waals surface area contributed by atoms with Crippen molar-refractivity contribution in [3.8, 4) is 0 Å². The van der Waals surface area contributed by atoms with E-state index < -0.39 is 0 Å². The molecule has 1 aliphatic carbocycles. The lowest BCUT2D eigenvalue weighted by atomic mass is 10.1. The molecule has 3 unspecified atom stereocenters. The number of rotatable bonds is 3. The SMILES string of the molecule is O=C(C1CC1c1ccccc1F)N1CCCC1c1nc2ccccc2s1. The van der Waals surface area contributed by atoms with E-state index in [1.807, 2.05) is 35.2 Å². The molecule has 5 rings (SSSR count). The van der Waals surface area contributed by atoms with Gasteiger partial charge in [0.25, 0.3) is 0 Å². The Hall–Kier alpha value is -2.27. The maximum absolute atomic E-state index is 14.0. The molecule has 1 amide bonds. The molecule has 5 heteroatoms. The first kappa shape index (κ1) is 15.9. The van der Waals surface area contributed by atoms with Crippen LogP contribution in [0.4, 0.5) is 4.39 Å². The summed E-state index contributed by atoms with van der Waals surface area (Å²) in [5.74, 6) is -0.0841. The van der Waals surface area contributed by atoms with E-state index in [9.17, 15) is 9.18 Å². The van der Waals surface area contributed by atoms with Gasteiger partial charge in [0.05, 0.1) is 16.3 Å². The number of carbonyl (C=O) groups is 1. The van der Waals surface area contributed by atoms with Crippen molar-refractivity contribution in [2.75, 3.05) is 6.54 Å². The Balaban J connectivity index is 1.38. The van der Waals surface area contributed by atoms with E-state index >= 15 is 0 Å². The van der Waals surface area contributed by atoms with Crippen LogP contribution in [0.2, 0.25) is 0 Å². The maximum atomic E-state index is 14.0. The molecule has 0 spiro atoms. The number of aromatic nitrogens is 1. The van der Waals surface area contributed by atoms with Crippen LogP contribution in [0.25, 0.3) is 10.2 Å². The fraction of sp³-hybridized carbons (Fsp3) is 0.333. The number of nitrogens with zero attached hydrogens (tertiary/aromatic N) is 2. The van der Waals surface area contributed by atoms with E-state index in [1.54, 1.807) is 17.4 Å². The molecular formula is C21H19FN2OS. The monoisotopic (exact) mass is 366 g/mol. The average molecular weight is 366 g/mol. The van der Waals surface area contributed by atoms with Crippen molar-refractivity contribution in [3.63, 3.8) is 0 Å². The number of hydrogen-bond acceptors (Lipinski definition) is 3. The number of carbonyl (C=O) groups excluding carboxylic acids is 1. The molecule has 0 radical (unpaired) electrons. The maximum Gasteiger partial charge on any atom is 0.226 e. The van der Waals surface area contributed by atoms with E-state index in [0.717, 1.165) is 41.0 Å². The topological polar surface area (TPSA) is 33.2 Å². The highest BCUT2D eigenvalue weighted by molar-refractivity contribution is 7.18. The standard InChI is InChI=1S/C21H19FN2OS/c22-16-7-2-1-6-13(16)14-12-15(14)21(25)24-11-5-9-18(24)20-23-17-8-3-4-10-19(17)26-20/h1-4,6-8,10,14-15,18H,5,9,11-12H2. The van der Waals surface area contributed by atoms with Crippen LogP contribution in [0.1, 0.15) is 41.8 Å². The van der Waals surface area contributed by atoms with Gasteiger partial charge in [-0.3, -0.25) is 4.79 Å². The number of fused-ring (bicyclic) bond motifs is 1. The summed E-state index contributed by atoms with van der Waals surface area (Å²) in [5.41, 5.74) is 1.68. The normalized spacial score (nSPS) is 25.0. The van der Waals surface area contributed by atoms with Crippen LogP contribution in [0.5, 0.6) is 0 Å². The van der Waals surface area contributed by atoms with Gasteiger partial charge in [0.15, 0.2) is 0 Å². The Morgan fingerprint density at radius 3 is 2.81 bits per heavy atom. The highest BCUT2D eigenvalue weighted by Gasteiger charge is 2.49. The number of para-hydroxylation sites is 1. The first-order chi connectivity index (χ1) is 12.7. The first-order valence-electron chi connectivity index (χ1n) is 9.13. The van der Waals surface area contributed by atoms with Gasteiger partial charge in [-0.25, -0.2) is 9.37 Å². The second kappa shape index (κ2) is 6.16. The zero-order valence-electron chi connectivity index (χ0n) is 14.3. The number of halogens is 1. The highest BCUT2D eigenvalue weighted by Crippen LogP contribution is 2.51. The second-order valence-corrected chi connectivity index (χ2v) is 8.24. The molecule has 2 fully saturated rings. The van der Waals surface area contributed by atoms with Gasteiger partial charge in [-0.2, -0.15) is 0 Å². The van der Waals surface area contributed by atoms with Crippen LogP contribution in [-0.2, 0) is 4.79 Å². The van der Waals surface area contributed by atoms with E-state index in [0.29, 0.717) is 5.56 Å². The van der Waals surface area contributed by atoms with Gasteiger partial charge in [0.1, 0.15) is 10.8 Å². The van der Waals surface area contributed by atoms with Gasteiger partial charge in [-0.05, 0) is 48.9 Å². The van der Waals surface area contributed by atoms with Gasteiger partial charge >= 0.3 is 0 Å². The molecule has 1 saturated heterocycles. The Bertz CT molecular complexity index is 952. The number of amides is 1. The Morgan fingerprint density at radius 2 is 1.96 bits per heavy atom. The predicted octanol–water partition coefficient (Wildman–Crippen LogP) is 4.90. The second-order valence-electron chi connectivity index (χ2n) is 7.18.